The molecule has 1 aliphatic rings. The van der Waals surface area contributed by atoms with Crippen LogP contribution in [-0.2, 0) is 10.4 Å². The van der Waals surface area contributed by atoms with Crippen molar-refractivity contribution in [2.45, 2.75) is 18.9 Å². The van der Waals surface area contributed by atoms with Crippen LogP contribution >= 0.6 is 11.3 Å². The molecule has 2 heterocycles. The van der Waals surface area contributed by atoms with E-state index in [9.17, 15) is 14.7 Å². The number of para-hydroxylation sites is 1. The molecule has 116 valence electrons. The number of benzene rings is 1. The summed E-state index contributed by atoms with van der Waals surface area (Å²) < 4.78 is 0. The normalized spacial score (nSPS) is 19.5. The van der Waals surface area contributed by atoms with Crippen molar-refractivity contribution in [1.29, 1.82) is 0 Å². The first kappa shape index (κ1) is 15.5. The number of aliphatic hydroxyl groups is 1. The largest absolute Gasteiger partial charge is 0.375 e. The van der Waals surface area contributed by atoms with Crippen molar-refractivity contribution in [3.8, 4) is 12.3 Å². The van der Waals surface area contributed by atoms with Crippen LogP contribution < -0.4 is 4.90 Å². The first-order valence-corrected chi connectivity index (χ1v) is 7.96. The molecule has 0 fully saturated rings. The number of aryl methyl sites for hydroxylation is 1. The number of Topliss-reactive ketones (excluding diaryl/α,β-unsaturated/α-hetero) is 1. The molecule has 1 N–H and O–H groups in total. The van der Waals surface area contributed by atoms with E-state index in [1.807, 2.05) is 13.0 Å². The summed E-state index contributed by atoms with van der Waals surface area (Å²) in [5.74, 6) is 1.62. The molecule has 0 saturated carbocycles. The van der Waals surface area contributed by atoms with Crippen molar-refractivity contribution in [1.82, 2.24) is 0 Å². The number of hydrogen-bond acceptors (Lipinski definition) is 4. The fourth-order valence-electron chi connectivity index (χ4n) is 2.83. The lowest BCUT2D eigenvalue weighted by Crippen LogP contribution is -2.41. The molecule has 1 aliphatic heterocycles. The van der Waals surface area contributed by atoms with Crippen molar-refractivity contribution in [3.63, 3.8) is 0 Å². The first-order chi connectivity index (χ1) is 11.0. The molecule has 0 bridgehead atoms. The van der Waals surface area contributed by atoms with Gasteiger partial charge in [-0.25, -0.2) is 0 Å². The summed E-state index contributed by atoms with van der Waals surface area (Å²) in [4.78, 5) is 28.1. The minimum Gasteiger partial charge on any atom is -0.375 e. The number of fused-ring (bicyclic) bond motifs is 1. The van der Waals surface area contributed by atoms with E-state index in [1.165, 1.54) is 16.2 Å². The van der Waals surface area contributed by atoms with Gasteiger partial charge in [-0.05, 0) is 25.1 Å². The number of hydrogen-bond donors (Lipinski definition) is 1. The number of terminal acetylenes is 1. The zero-order valence-electron chi connectivity index (χ0n) is 12.6. The number of nitrogens with zero attached hydrogens (tertiary/aromatic N) is 1. The van der Waals surface area contributed by atoms with Gasteiger partial charge in [-0.2, -0.15) is 0 Å². The SMILES string of the molecule is C#CCN1C(=O)[C@@](O)(CC(=O)c2ccc(C)s2)c2ccccc21. The molecule has 4 nitrogen and oxygen atoms in total. The van der Waals surface area contributed by atoms with Gasteiger partial charge in [-0.1, -0.05) is 24.1 Å². The highest BCUT2D eigenvalue weighted by atomic mass is 32.1. The van der Waals surface area contributed by atoms with E-state index in [-0.39, 0.29) is 18.7 Å². The van der Waals surface area contributed by atoms with Gasteiger partial charge >= 0.3 is 0 Å². The molecular formula is C18H15NO3S. The fraction of sp³-hybridized carbons (Fsp3) is 0.222. The molecule has 2 aromatic rings. The van der Waals surface area contributed by atoms with E-state index in [0.29, 0.717) is 16.1 Å². The summed E-state index contributed by atoms with van der Waals surface area (Å²) in [6.07, 6.45) is 5.03. The Bertz CT molecular complexity index is 833. The van der Waals surface area contributed by atoms with Crippen molar-refractivity contribution in [2.75, 3.05) is 11.4 Å². The molecule has 0 radical (unpaired) electrons. The summed E-state index contributed by atoms with van der Waals surface area (Å²) in [6, 6.07) is 10.5. The highest BCUT2D eigenvalue weighted by Crippen LogP contribution is 2.42. The molecule has 1 aromatic carbocycles. The average molecular weight is 325 g/mol. The summed E-state index contributed by atoms with van der Waals surface area (Å²) >= 11 is 1.35. The van der Waals surface area contributed by atoms with Crippen molar-refractivity contribution in [3.05, 3.63) is 51.7 Å². The van der Waals surface area contributed by atoms with Gasteiger partial charge in [0, 0.05) is 10.4 Å². The number of carbonyl (C=O) groups excluding carboxylic acids is 2. The van der Waals surface area contributed by atoms with E-state index in [4.69, 9.17) is 6.42 Å². The summed E-state index contributed by atoms with van der Waals surface area (Å²) in [5, 5.41) is 11.0. The van der Waals surface area contributed by atoms with Gasteiger partial charge in [0.15, 0.2) is 11.4 Å². The van der Waals surface area contributed by atoms with Gasteiger partial charge in [0.05, 0.1) is 23.5 Å². The quantitative estimate of drug-likeness (QED) is 0.694. The van der Waals surface area contributed by atoms with E-state index >= 15 is 0 Å². The number of ketones is 1. The Kier molecular flexibility index (Phi) is 3.80. The smallest absolute Gasteiger partial charge is 0.265 e. The zero-order valence-corrected chi connectivity index (χ0v) is 13.4. The number of thiophene rings is 1. The number of amides is 1. The van der Waals surface area contributed by atoms with Gasteiger partial charge in [-0.15, -0.1) is 17.8 Å². The summed E-state index contributed by atoms with van der Waals surface area (Å²) in [5.41, 5.74) is -0.863. The Hall–Kier alpha value is -2.42. The topological polar surface area (TPSA) is 57.6 Å². The third kappa shape index (κ3) is 2.46. The van der Waals surface area contributed by atoms with Gasteiger partial charge < -0.3 is 5.11 Å². The highest BCUT2D eigenvalue weighted by molar-refractivity contribution is 7.14. The Morgan fingerprint density at radius 2 is 2.09 bits per heavy atom. The second kappa shape index (κ2) is 5.65. The van der Waals surface area contributed by atoms with Gasteiger partial charge in [-0.3, -0.25) is 14.5 Å². The second-order valence-corrected chi connectivity index (χ2v) is 6.77. The number of carbonyl (C=O) groups is 2. The third-order valence-electron chi connectivity index (χ3n) is 3.92. The Morgan fingerprint density at radius 1 is 1.35 bits per heavy atom. The maximum absolute atomic E-state index is 12.7. The molecule has 23 heavy (non-hydrogen) atoms. The highest BCUT2D eigenvalue weighted by Gasteiger charge is 2.50. The minimum absolute atomic E-state index is 0.0600. The summed E-state index contributed by atoms with van der Waals surface area (Å²) in [6.45, 7) is 1.96. The lowest BCUT2D eigenvalue weighted by molar-refractivity contribution is -0.135. The number of anilines is 1. The van der Waals surface area contributed by atoms with Crippen molar-refractivity contribution in [2.24, 2.45) is 0 Å². The average Bonchev–Trinajstić information content (AvgIpc) is 3.05. The van der Waals surface area contributed by atoms with Crippen LogP contribution in [0.4, 0.5) is 5.69 Å². The molecular weight excluding hydrogens is 310 g/mol. The molecule has 0 saturated heterocycles. The maximum Gasteiger partial charge on any atom is 0.265 e. The van der Waals surface area contributed by atoms with Crippen LogP contribution in [0.2, 0.25) is 0 Å². The predicted octanol–water partition coefficient (Wildman–Crippen LogP) is 2.50. The van der Waals surface area contributed by atoms with E-state index in [0.717, 1.165) is 4.88 Å². The molecule has 3 rings (SSSR count). The van der Waals surface area contributed by atoms with Crippen molar-refractivity contribution >= 4 is 28.7 Å². The molecule has 0 unspecified atom stereocenters. The van der Waals surface area contributed by atoms with Crippen LogP contribution in [0.5, 0.6) is 0 Å². The van der Waals surface area contributed by atoms with Gasteiger partial charge in [0.1, 0.15) is 0 Å². The Balaban J connectivity index is 1.99. The molecule has 1 amide bonds. The molecule has 5 heteroatoms. The molecule has 0 spiro atoms. The fourth-order valence-corrected chi connectivity index (χ4v) is 3.63. The second-order valence-electron chi connectivity index (χ2n) is 5.48. The lowest BCUT2D eigenvalue weighted by Gasteiger charge is -2.21. The minimum atomic E-state index is -1.86. The summed E-state index contributed by atoms with van der Waals surface area (Å²) in [7, 11) is 0. The molecule has 1 atom stereocenters. The lowest BCUT2D eigenvalue weighted by atomic mass is 9.89. The zero-order chi connectivity index (χ0) is 16.6. The predicted molar refractivity (Wildman–Crippen MR) is 89.5 cm³/mol. The maximum atomic E-state index is 12.7. The van der Waals surface area contributed by atoms with Gasteiger partial charge in [0.25, 0.3) is 5.91 Å². The van der Waals surface area contributed by atoms with Crippen LogP contribution in [0.1, 0.15) is 26.5 Å². The Morgan fingerprint density at radius 3 is 2.74 bits per heavy atom. The van der Waals surface area contributed by atoms with Gasteiger partial charge in [0.2, 0.25) is 0 Å². The first-order valence-electron chi connectivity index (χ1n) is 7.14. The van der Waals surface area contributed by atoms with Crippen LogP contribution in [0, 0.1) is 19.3 Å². The van der Waals surface area contributed by atoms with Crippen LogP contribution in [0.15, 0.2) is 36.4 Å². The van der Waals surface area contributed by atoms with Crippen LogP contribution in [0.25, 0.3) is 0 Å². The molecule has 0 aliphatic carbocycles. The van der Waals surface area contributed by atoms with E-state index < -0.39 is 11.5 Å². The van der Waals surface area contributed by atoms with Crippen LogP contribution in [-0.4, -0.2) is 23.3 Å². The standard InChI is InChI=1S/C18H15NO3S/c1-3-10-19-14-7-5-4-6-13(14)18(22,17(19)21)11-15(20)16-9-8-12(2)23-16/h1,4-9,22H,10-11H2,2H3/t18-/m1/s1. The van der Waals surface area contributed by atoms with E-state index in [1.54, 1.807) is 30.3 Å². The number of rotatable bonds is 4. The van der Waals surface area contributed by atoms with Crippen molar-refractivity contribution < 1.29 is 14.7 Å². The Labute approximate surface area is 138 Å². The van der Waals surface area contributed by atoms with E-state index in [2.05, 4.69) is 5.92 Å². The molecule has 1 aromatic heterocycles. The third-order valence-corrected chi connectivity index (χ3v) is 4.96. The van der Waals surface area contributed by atoms with Crippen LogP contribution in [0.3, 0.4) is 0 Å². The monoisotopic (exact) mass is 325 g/mol.